The van der Waals surface area contributed by atoms with Crippen molar-refractivity contribution < 1.29 is 19.5 Å². The first-order chi connectivity index (χ1) is 9.51. The second-order valence-electron chi connectivity index (χ2n) is 4.38. The second kappa shape index (κ2) is 11.1. The lowest BCUT2D eigenvalue weighted by Gasteiger charge is -2.18. The van der Waals surface area contributed by atoms with Crippen molar-refractivity contribution in [2.24, 2.45) is 0 Å². The number of hydrogen-bond acceptors (Lipinski definition) is 3. The molecule has 0 aliphatic rings. The minimum absolute atomic E-state index is 0.00741. The summed E-state index contributed by atoms with van der Waals surface area (Å²) in [5, 5.41) is 13.6. The van der Waals surface area contributed by atoms with Crippen LogP contribution in [0.15, 0.2) is 0 Å². The fourth-order valence-electron chi connectivity index (χ4n) is 1.69. The largest absolute Gasteiger partial charge is 0.481 e. The van der Waals surface area contributed by atoms with Gasteiger partial charge in [-0.2, -0.15) is 0 Å². The average molecular weight is 287 g/mol. The van der Waals surface area contributed by atoms with Gasteiger partial charge in [0.1, 0.15) is 0 Å². The van der Waals surface area contributed by atoms with Crippen molar-refractivity contribution in [1.82, 2.24) is 15.5 Å². The molecule has 0 aromatic heterocycles. The average Bonchev–Trinajstić information content (AvgIpc) is 2.41. The van der Waals surface area contributed by atoms with Crippen LogP contribution in [0.25, 0.3) is 0 Å². The molecule has 0 aromatic carbocycles. The summed E-state index contributed by atoms with van der Waals surface area (Å²) in [6, 6.07) is -0.372. The molecular formula is C13H25N3O4. The van der Waals surface area contributed by atoms with Gasteiger partial charge in [-0.05, 0) is 26.7 Å². The molecule has 3 N–H and O–H groups in total. The summed E-state index contributed by atoms with van der Waals surface area (Å²) in [7, 11) is 0. The topological polar surface area (TPSA) is 98.7 Å². The molecule has 0 rings (SSSR count). The van der Waals surface area contributed by atoms with Crippen LogP contribution in [0.3, 0.4) is 0 Å². The third-order valence-corrected chi connectivity index (χ3v) is 2.87. The summed E-state index contributed by atoms with van der Waals surface area (Å²) in [5.41, 5.74) is 0. The Balaban J connectivity index is 3.59. The van der Waals surface area contributed by atoms with Crippen LogP contribution in [0.5, 0.6) is 0 Å². The molecule has 0 bridgehead atoms. The number of amides is 3. The van der Waals surface area contributed by atoms with E-state index in [1.807, 2.05) is 13.8 Å². The van der Waals surface area contributed by atoms with E-state index in [-0.39, 0.29) is 24.9 Å². The highest BCUT2D eigenvalue weighted by Gasteiger charge is 2.10. The summed E-state index contributed by atoms with van der Waals surface area (Å²) in [6.45, 7) is 5.50. The molecule has 20 heavy (non-hydrogen) atoms. The van der Waals surface area contributed by atoms with E-state index in [2.05, 4.69) is 10.6 Å². The van der Waals surface area contributed by atoms with Gasteiger partial charge in [-0.3, -0.25) is 9.59 Å². The van der Waals surface area contributed by atoms with Crippen LogP contribution in [-0.2, 0) is 9.59 Å². The number of nitrogens with zero attached hydrogens (tertiary/aromatic N) is 1. The third kappa shape index (κ3) is 9.18. The minimum Gasteiger partial charge on any atom is -0.481 e. The van der Waals surface area contributed by atoms with Crippen molar-refractivity contribution in [3.05, 3.63) is 0 Å². The predicted octanol–water partition coefficient (Wildman–Crippen LogP) is 0.799. The number of carbonyl (C=O) groups is 3. The molecule has 0 aliphatic carbocycles. The maximum Gasteiger partial charge on any atom is 0.315 e. The van der Waals surface area contributed by atoms with Crippen molar-refractivity contribution in [3.63, 3.8) is 0 Å². The number of carboxylic acid groups (broad SMARTS) is 1. The van der Waals surface area contributed by atoms with Crippen LogP contribution < -0.4 is 10.6 Å². The monoisotopic (exact) mass is 287 g/mol. The zero-order valence-electron chi connectivity index (χ0n) is 12.3. The number of carboxylic acids is 1. The van der Waals surface area contributed by atoms with Crippen LogP contribution in [0.1, 0.15) is 39.5 Å². The van der Waals surface area contributed by atoms with Crippen molar-refractivity contribution >= 4 is 17.9 Å². The van der Waals surface area contributed by atoms with E-state index in [4.69, 9.17) is 5.11 Å². The van der Waals surface area contributed by atoms with E-state index in [0.717, 1.165) is 12.8 Å². The second-order valence-corrected chi connectivity index (χ2v) is 4.38. The molecule has 0 aromatic rings. The first kappa shape index (κ1) is 18.2. The maximum atomic E-state index is 11.6. The van der Waals surface area contributed by atoms with Gasteiger partial charge in [0.25, 0.3) is 0 Å². The molecular weight excluding hydrogens is 262 g/mol. The van der Waals surface area contributed by atoms with Crippen molar-refractivity contribution in [3.8, 4) is 0 Å². The minimum atomic E-state index is -0.800. The van der Waals surface area contributed by atoms with E-state index < -0.39 is 5.97 Å². The zero-order chi connectivity index (χ0) is 15.4. The van der Waals surface area contributed by atoms with Crippen molar-refractivity contribution in [2.75, 3.05) is 26.2 Å². The Morgan fingerprint density at radius 2 is 1.65 bits per heavy atom. The lowest BCUT2D eigenvalue weighted by Crippen LogP contribution is -2.43. The van der Waals surface area contributed by atoms with Gasteiger partial charge in [0, 0.05) is 26.1 Å². The highest BCUT2D eigenvalue weighted by atomic mass is 16.4. The third-order valence-electron chi connectivity index (χ3n) is 2.87. The predicted molar refractivity (Wildman–Crippen MR) is 75.4 cm³/mol. The smallest absolute Gasteiger partial charge is 0.315 e. The van der Waals surface area contributed by atoms with Gasteiger partial charge in [-0.1, -0.05) is 6.42 Å². The van der Waals surface area contributed by atoms with E-state index in [1.165, 1.54) is 0 Å². The molecule has 0 unspecified atom stereocenters. The Bertz CT molecular complexity index is 317. The van der Waals surface area contributed by atoms with Crippen LogP contribution in [-0.4, -0.2) is 54.1 Å². The summed E-state index contributed by atoms with van der Waals surface area (Å²) in [4.78, 5) is 34.9. The highest BCUT2D eigenvalue weighted by Crippen LogP contribution is 1.98. The zero-order valence-corrected chi connectivity index (χ0v) is 12.3. The summed E-state index contributed by atoms with van der Waals surface area (Å²) < 4.78 is 0. The van der Waals surface area contributed by atoms with Gasteiger partial charge in [0.05, 0.1) is 6.54 Å². The molecule has 0 atom stereocenters. The fourth-order valence-corrected chi connectivity index (χ4v) is 1.69. The fraction of sp³-hybridized carbons (Fsp3) is 0.769. The molecule has 0 radical (unpaired) electrons. The normalized spacial score (nSPS) is 9.90. The summed E-state index contributed by atoms with van der Waals surface area (Å²) in [5.74, 6) is -0.905. The SMILES string of the molecule is CCN(CC)C(=O)CNC(=O)NCCCCCC(=O)O. The highest BCUT2D eigenvalue weighted by molar-refractivity contribution is 5.83. The Morgan fingerprint density at radius 3 is 2.20 bits per heavy atom. The van der Waals surface area contributed by atoms with Gasteiger partial charge >= 0.3 is 12.0 Å². The Labute approximate surface area is 119 Å². The Kier molecular flexibility index (Phi) is 10.1. The number of hydrogen-bond donors (Lipinski definition) is 3. The molecule has 116 valence electrons. The van der Waals surface area contributed by atoms with Crippen LogP contribution >= 0.6 is 0 Å². The lowest BCUT2D eigenvalue weighted by molar-refractivity contribution is -0.137. The van der Waals surface area contributed by atoms with Gasteiger partial charge in [-0.15, -0.1) is 0 Å². The summed E-state index contributed by atoms with van der Waals surface area (Å²) in [6.07, 6.45) is 2.25. The Morgan fingerprint density at radius 1 is 1.00 bits per heavy atom. The molecule has 0 saturated carbocycles. The molecule has 0 fully saturated rings. The standard InChI is InChI=1S/C13H25N3O4/c1-3-16(4-2)11(17)10-15-13(20)14-9-7-5-6-8-12(18)19/h3-10H2,1-2H3,(H,18,19)(H2,14,15,20). The van der Waals surface area contributed by atoms with Crippen molar-refractivity contribution in [2.45, 2.75) is 39.5 Å². The van der Waals surface area contributed by atoms with E-state index >= 15 is 0 Å². The van der Waals surface area contributed by atoms with Gasteiger partial charge in [0.15, 0.2) is 0 Å². The molecule has 0 spiro atoms. The number of nitrogens with one attached hydrogen (secondary N) is 2. The van der Waals surface area contributed by atoms with Crippen LogP contribution in [0.2, 0.25) is 0 Å². The number of urea groups is 1. The van der Waals surface area contributed by atoms with E-state index in [0.29, 0.717) is 26.1 Å². The molecule has 7 heteroatoms. The van der Waals surface area contributed by atoms with Gasteiger partial charge in [0.2, 0.25) is 5.91 Å². The number of aliphatic carboxylic acids is 1. The number of likely N-dealkylation sites (N-methyl/N-ethyl adjacent to an activating group) is 1. The van der Waals surface area contributed by atoms with Crippen molar-refractivity contribution in [1.29, 1.82) is 0 Å². The molecule has 0 aliphatic heterocycles. The van der Waals surface area contributed by atoms with Crippen LogP contribution in [0, 0.1) is 0 Å². The molecule has 3 amide bonds. The van der Waals surface area contributed by atoms with Gasteiger partial charge in [-0.25, -0.2) is 4.79 Å². The summed E-state index contributed by atoms with van der Waals surface area (Å²) >= 11 is 0. The number of rotatable bonds is 10. The molecule has 7 nitrogen and oxygen atoms in total. The Hall–Kier alpha value is -1.79. The maximum absolute atomic E-state index is 11.6. The number of unbranched alkanes of at least 4 members (excludes halogenated alkanes) is 2. The first-order valence-electron chi connectivity index (χ1n) is 7.02. The first-order valence-corrected chi connectivity index (χ1v) is 7.02. The van der Waals surface area contributed by atoms with Crippen LogP contribution in [0.4, 0.5) is 4.79 Å². The lowest BCUT2D eigenvalue weighted by atomic mass is 10.2. The number of carbonyl (C=O) groups excluding carboxylic acids is 2. The molecule has 0 heterocycles. The quantitative estimate of drug-likeness (QED) is 0.517. The molecule has 0 saturated heterocycles. The van der Waals surface area contributed by atoms with Gasteiger partial charge < -0.3 is 20.6 Å². The van der Waals surface area contributed by atoms with E-state index in [9.17, 15) is 14.4 Å². The van der Waals surface area contributed by atoms with E-state index in [1.54, 1.807) is 4.90 Å².